The topological polar surface area (TPSA) is 68.0 Å². The molecular formula is C14H15N3OS. The third-order valence-corrected chi connectivity index (χ3v) is 4.53. The quantitative estimate of drug-likeness (QED) is 0.884. The number of anilines is 2. The summed E-state index contributed by atoms with van der Waals surface area (Å²) in [6.45, 7) is 0. The van der Waals surface area contributed by atoms with Crippen molar-refractivity contribution in [3.05, 3.63) is 39.7 Å². The predicted molar refractivity (Wildman–Crippen MR) is 77.6 cm³/mol. The molecule has 1 aliphatic rings. The highest BCUT2D eigenvalue weighted by Gasteiger charge is 2.17. The number of aromatic nitrogens is 1. The van der Waals surface area contributed by atoms with Crippen LogP contribution in [0.3, 0.4) is 0 Å². The van der Waals surface area contributed by atoms with Crippen LogP contribution in [0.1, 0.15) is 33.0 Å². The van der Waals surface area contributed by atoms with Crippen LogP contribution in [-0.2, 0) is 12.8 Å². The van der Waals surface area contributed by atoms with Gasteiger partial charge in [-0.1, -0.05) is 0 Å². The average Bonchev–Trinajstić information content (AvgIpc) is 2.85. The van der Waals surface area contributed by atoms with Crippen molar-refractivity contribution in [2.45, 2.75) is 25.7 Å². The molecule has 0 spiro atoms. The van der Waals surface area contributed by atoms with Crippen LogP contribution in [0.2, 0.25) is 0 Å². The van der Waals surface area contributed by atoms with E-state index in [1.165, 1.54) is 23.3 Å². The SMILES string of the molecule is Nc1cccnc1NC(=O)c1cc2c(s1)CCCC2. The first-order valence-electron chi connectivity index (χ1n) is 6.37. The molecule has 19 heavy (non-hydrogen) atoms. The number of nitrogens with two attached hydrogens (primary N) is 1. The van der Waals surface area contributed by atoms with Crippen molar-refractivity contribution in [1.29, 1.82) is 0 Å². The van der Waals surface area contributed by atoms with Gasteiger partial charge in [0.05, 0.1) is 10.6 Å². The lowest BCUT2D eigenvalue weighted by molar-refractivity contribution is 0.103. The van der Waals surface area contributed by atoms with Crippen LogP contribution in [0.5, 0.6) is 0 Å². The molecule has 0 saturated carbocycles. The van der Waals surface area contributed by atoms with Crippen LogP contribution in [0.15, 0.2) is 24.4 Å². The number of aryl methyl sites for hydroxylation is 2. The largest absolute Gasteiger partial charge is 0.396 e. The van der Waals surface area contributed by atoms with E-state index in [-0.39, 0.29) is 5.91 Å². The number of nitrogens with zero attached hydrogens (tertiary/aromatic N) is 1. The van der Waals surface area contributed by atoms with Crippen molar-refractivity contribution in [2.24, 2.45) is 0 Å². The van der Waals surface area contributed by atoms with Crippen molar-refractivity contribution in [2.75, 3.05) is 11.1 Å². The molecular weight excluding hydrogens is 258 g/mol. The van der Waals surface area contributed by atoms with E-state index in [4.69, 9.17) is 5.73 Å². The van der Waals surface area contributed by atoms with Gasteiger partial charge in [-0.15, -0.1) is 11.3 Å². The molecule has 0 saturated heterocycles. The molecule has 0 atom stereocenters. The maximum atomic E-state index is 12.2. The summed E-state index contributed by atoms with van der Waals surface area (Å²) in [5.41, 5.74) is 7.58. The highest BCUT2D eigenvalue weighted by atomic mass is 32.1. The van der Waals surface area contributed by atoms with E-state index in [1.54, 1.807) is 29.7 Å². The fraction of sp³-hybridized carbons (Fsp3) is 0.286. The van der Waals surface area contributed by atoms with Gasteiger partial charge in [0.2, 0.25) is 0 Å². The highest BCUT2D eigenvalue weighted by molar-refractivity contribution is 7.14. The van der Waals surface area contributed by atoms with Crippen LogP contribution in [0.4, 0.5) is 11.5 Å². The molecule has 0 bridgehead atoms. The third kappa shape index (κ3) is 2.46. The molecule has 3 N–H and O–H groups in total. The number of hydrogen-bond acceptors (Lipinski definition) is 4. The van der Waals surface area contributed by atoms with Crippen LogP contribution >= 0.6 is 11.3 Å². The Labute approximate surface area is 115 Å². The monoisotopic (exact) mass is 273 g/mol. The Morgan fingerprint density at radius 1 is 1.37 bits per heavy atom. The van der Waals surface area contributed by atoms with Gasteiger partial charge in [0.15, 0.2) is 5.82 Å². The Kier molecular flexibility index (Phi) is 3.21. The van der Waals surface area contributed by atoms with Crippen molar-refractivity contribution in [1.82, 2.24) is 4.98 Å². The number of hydrogen-bond donors (Lipinski definition) is 2. The van der Waals surface area contributed by atoms with Crippen molar-refractivity contribution >= 4 is 28.7 Å². The summed E-state index contributed by atoms with van der Waals surface area (Å²) < 4.78 is 0. The summed E-state index contributed by atoms with van der Waals surface area (Å²) >= 11 is 1.59. The van der Waals surface area contributed by atoms with E-state index in [0.717, 1.165) is 17.7 Å². The molecule has 0 fully saturated rings. The zero-order chi connectivity index (χ0) is 13.2. The number of pyridine rings is 1. The highest BCUT2D eigenvalue weighted by Crippen LogP contribution is 2.30. The van der Waals surface area contributed by atoms with Gasteiger partial charge >= 0.3 is 0 Å². The zero-order valence-corrected chi connectivity index (χ0v) is 11.3. The van der Waals surface area contributed by atoms with Gasteiger partial charge in [0, 0.05) is 11.1 Å². The minimum atomic E-state index is -0.121. The Hall–Kier alpha value is -1.88. The smallest absolute Gasteiger partial charge is 0.266 e. The lowest BCUT2D eigenvalue weighted by atomic mass is 9.99. The summed E-state index contributed by atoms with van der Waals surface area (Å²) in [6.07, 6.45) is 6.25. The first-order chi connectivity index (χ1) is 9.24. The molecule has 3 rings (SSSR count). The average molecular weight is 273 g/mol. The van der Waals surface area contributed by atoms with Crippen molar-refractivity contribution in [3.8, 4) is 0 Å². The van der Waals surface area contributed by atoms with Gasteiger partial charge in [0.25, 0.3) is 5.91 Å². The van der Waals surface area contributed by atoms with Gasteiger partial charge in [-0.2, -0.15) is 0 Å². The summed E-state index contributed by atoms with van der Waals surface area (Å²) in [5, 5.41) is 2.77. The fourth-order valence-electron chi connectivity index (χ4n) is 2.29. The molecule has 1 amide bonds. The van der Waals surface area contributed by atoms with E-state index in [9.17, 15) is 4.79 Å². The molecule has 1 aliphatic carbocycles. The number of nitrogen functional groups attached to an aromatic ring is 1. The lowest BCUT2D eigenvalue weighted by Gasteiger charge is -2.08. The molecule has 5 heteroatoms. The van der Waals surface area contributed by atoms with E-state index in [2.05, 4.69) is 10.3 Å². The van der Waals surface area contributed by atoms with Gasteiger partial charge in [0.1, 0.15) is 0 Å². The number of rotatable bonds is 2. The second-order valence-corrected chi connectivity index (χ2v) is 5.80. The minimum Gasteiger partial charge on any atom is -0.396 e. The number of nitrogens with one attached hydrogen (secondary N) is 1. The minimum absolute atomic E-state index is 0.121. The molecule has 0 aliphatic heterocycles. The summed E-state index contributed by atoms with van der Waals surface area (Å²) in [5.74, 6) is 0.309. The Bertz CT molecular complexity index is 597. The second-order valence-electron chi connectivity index (χ2n) is 4.66. The predicted octanol–water partition coefficient (Wildman–Crippen LogP) is 2.86. The van der Waals surface area contributed by atoms with E-state index < -0.39 is 0 Å². The first-order valence-corrected chi connectivity index (χ1v) is 7.19. The Morgan fingerprint density at radius 2 is 2.21 bits per heavy atom. The van der Waals surface area contributed by atoms with Crippen LogP contribution < -0.4 is 11.1 Å². The van der Waals surface area contributed by atoms with E-state index in [0.29, 0.717) is 11.5 Å². The molecule has 0 radical (unpaired) electrons. The maximum Gasteiger partial charge on any atom is 0.266 e. The van der Waals surface area contributed by atoms with Crippen LogP contribution in [0.25, 0.3) is 0 Å². The second kappa shape index (κ2) is 5.01. The lowest BCUT2D eigenvalue weighted by Crippen LogP contribution is -2.12. The third-order valence-electron chi connectivity index (χ3n) is 3.29. The number of carbonyl (C=O) groups is 1. The van der Waals surface area contributed by atoms with Gasteiger partial charge < -0.3 is 11.1 Å². The number of amides is 1. The van der Waals surface area contributed by atoms with E-state index >= 15 is 0 Å². The molecule has 2 aromatic heterocycles. The molecule has 0 unspecified atom stereocenters. The number of fused-ring (bicyclic) bond motifs is 1. The maximum absolute atomic E-state index is 12.2. The normalized spacial score (nSPS) is 13.9. The molecule has 98 valence electrons. The first kappa shape index (κ1) is 12.2. The zero-order valence-electron chi connectivity index (χ0n) is 10.5. The Morgan fingerprint density at radius 3 is 3.00 bits per heavy atom. The molecule has 0 aromatic carbocycles. The fourth-order valence-corrected chi connectivity index (χ4v) is 3.44. The Balaban J connectivity index is 1.81. The summed E-state index contributed by atoms with van der Waals surface area (Å²) in [4.78, 5) is 18.4. The summed E-state index contributed by atoms with van der Waals surface area (Å²) in [6, 6.07) is 5.48. The van der Waals surface area contributed by atoms with Crippen molar-refractivity contribution < 1.29 is 4.79 Å². The van der Waals surface area contributed by atoms with Crippen LogP contribution in [-0.4, -0.2) is 10.9 Å². The standard InChI is InChI=1S/C14H15N3OS/c15-10-5-3-7-16-13(10)17-14(18)12-8-9-4-1-2-6-11(9)19-12/h3,5,7-8H,1-2,4,6,15H2,(H,16,17,18). The summed E-state index contributed by atoms with van der Waals surface area (Å²) in [7, 11) is 0. The number of carbonyl (C=O) groups excluding carboxylic acids is 1. The van der Waals surface area contributed by atoms with Gasteiger partial charge in [-0.05, 0) is 49.4 Å². The van der Waals surface area contributed by atoms with Crippen LogP contribution in [0, 0.1) is 0 Å². The molecule has 4 nitrogen and oxygen atoms in total. The number of thiophene rings is 1. The molecule has 2 heterocycles. The van der Waals surface area contributed by atoms with E-state index in [1.807, 2.05) is 6.07 Å². The van der Waals surface area contributed by atoms with Crippen molar-refractivity contribution in [3.63, 3.8) is 0 Å². The van der Waals surface area contributed by atoms with Gasteiger partial charge in [-0.25, -0.2) is 4.98 Å². The molecule has 2 aromatic rings. The van der Waals surface area contributed by atoms with Gasteiger partial charge in [-0.3, -0.25) is 4.79 Å².